The molecule has 0 unspecified atom stereocenters. The van der Waals surface area contributed by atoms with E-state index in [1.165, 1.54) is 12.3 Å². The zero-order valence-corrected chi connectivity index (χ0v) is 12.9. The Bertz CT molecular complexity index is 1060. The average molecular weight is 332 g/mol. The van der Waals surface area contributed by atoms with Crippen LogP contribution >= 0.6 is 0 Å². The molecule has 122 valence electrons. The summed E-state index contributed by atoms with van der Waals surface area (Å²) in [6, 6.07) is 10.9. The molecule has 1 aliphatic heterocycles. The summed E-state index contributed by atoms with van der Waals surface area (Å²) in [7, 11) is 0. The molecule has 2 aromatic heterocycles. The maximum Gasteiger partial charge on any atom is 0.337 e. The van der Waals surface area contributed by atoms with Crippen molar-refractivity contribution in [1.82, 2.24) is 9.97 Å². The topological polar surface area (TPSA) is 104 Å². The highest BCUT2D eigenvalue weighted by atomic mass is 16.4. The second-order valence-corrected chi connectivity index (χ2v) is 5.49. The lowest BCUT2D eigenvalue weighted by Gasteiger charge is -2.04. The molecule has 0 saturated heterocycles. The Morgan fingerprint density at radius 3 is 2.92 bits per heavy atom. The molecule has 25 heavy (non-hydrogen) atoms. The Morgan fingerprint density at radius 1 is 1.20 bits per heavy atom. The zero-order valence-electron chi connectivity index (χ0n) is 12.9. The lowest BCUT2D eigenvalue weighted by Crippen LogP contribution is -2.05. The summed E-state index contributed by atoms with van der Waals surface area (Å²) in [6.07, 6.45) is 4.49. The first kappa shape index (κ1) is 14.8. The quantitative estimate of drug-likeness (QED) is 0.637. The van der Waals surface area contributed by atoms with E-state index in [4.69, 9.17) is 5.11 Å². The SMILES string of the molecule is O=C1Nc2ncc(C(=O)O)cc2/C1=C/Nc1ccc2ncccc2c1. The largest absolute Gasteiger partial charge is 0.478 e. The van der Waals surface area contributed by atoms with E-state index in [-0.39, 0.29) is 11.5 Å². The minimum absolute atomic E-state index is 0.0259. The van der Waals surface area contributed by atoms with Crippen molar-refractivity contribution in [3.63, 3.8) is 0 Å². The number of carbonyl (C=O) groups excluding carboxylic acids is 1. The number of carboxylic acids is 1. The van der Waals surface area contributed by atoms with Gasteiger partial charge < -0.3 is 15.7 Å². The summed E-state index contributed by atoms with van der Waals surface area (Å²) in [5.74, 6) is -1.07. The number of fused-ring (bicyclic) bond motifs is 2. The predicted octanol–water partition coefficient (Wildman–Crippen LogP) is 2.73. The number of aromatic carboxylic acids is 1. The summed E-state index contributed by atoms with van der Waals surface area (Å²) in [5.41, 5.74) is 2.48. The molecule has 3 heterocycles. The van der Waals surface area contributed by atoms with Crippen molar-refractivity contribution < 1.29 is 14.7 Å². The third-order valence-corrected chi connectivity index (χ3v) is 3.89. The van der Waals surface area contributed by atoms with Gasteiger partial charge in [-0.15, -0.1) is 0 Å². The number of hydrogen-bond donors (Lipinski definition) is 3. The number of amides is 1. The third-order valence-electron chi connectivity index (χ3n) is 3.89. The number of nitrogens with one attached hydrogen (secondary N) is 2. The Balaban J connectivity index is 1.68. The molecule has 1 aromatic carbocycles. The van der Waals surface area contributed by atoms with Gasteiger partial charge >= 0.3 is 5.97 Å². The molecule has 0 saturated carbocycles. The highest BCUT2D eigenvalue weighted by Gasteiger charge is 2.26. The first-order chi connectivity index (χ1) is 12.1. The molecule has 4 rings (SSSR count). The maximum absolute atomic E-state index is 12.1. The number of rotatable bonds is 3. The minimum atomic E-state index is -1.09. The lowest BCUT2D eigenvalue weighted by atomic mass is 10.1. The molecule has 0 fully saturated rings. The molecule has 3 N–H and O–H groups in total. The number of carbonyl (C=O) groups is 2. The molecular formula is C18H12N4O3. The summed E-state index contributed by atoms with van der Waals surface area (Å²) in [4.78, 5) is 31.5. The fourth-order valence-corrected chi connectivity index (χ4v) is 2.65. The van der Waals surface area contributed by atoms with Gasteiger partial charge in [0.15, 0.2) is 0 Å². The van der Waals surface area contributed by atoms with Crippen molar-refractivity contribution in [3.8, 4) is 0 Å². The van der Waals surface area contributed by atoms with Crippen LogP contribution in [-0.4, -0.2) is 27.0 Å². The number of aromatic nitrogens is 2. The summed E-state index contributed by atoms with van der Waals surface area (Å²) in [6.45, 7) is 0. The van der Waals surface area contributed by atoms with E-state index in [0.29, 0.717) is 17.0 Å². The molecule has 7 nitrogen and oxygen atoms in total. The van der Waals surface area contributed by atoms with Crippen LogP contribution in [0.15, 0.2) is 55.0 Å². The first-order valence-electron chi connectivity index (χ1n) is 7.48. The second kappa shape index (κ2) is 5.72. The van der Waals surface area contributed by atoms with E-state index < -0.39 is 5.97 Å². The Labute approximate surface area is 142 Å². The van der Waals surface area contributed by atoms with Crippen molar-refractivity contribution in [1.29, 1.82) is 0 Å². The molecule has 0 atom stereocenters. The third kappa shape index (κ3) is 2.67. The fourth-order valence-electron chi connectivity index (χ4n) is 2.65. The smallest absolute Gasteiger partial charge is 0.337 e. The molecule has 0 aliphatic carbocycles. The second-order valence-electron chi connectivity index (χ2n) is 5.49. The van der Waals surface area contributed by atoms with Gasteiger partial charge in [0, 0.05) is 35.2 Å². The molecule has 0 radical (unpaired) electrons. The molecule has 3 aromatic rings. The van der Waals surface area contributed by atoms with Gasteiger partial charge in [-0.1, -0.05) is 6.07 Å². The Morgan fingerprint density at radius 2 is 2.08 bits per heavy atom. The van der Waals surface area contributed by atoms with E-state index in [1.807, 2.05) is 30.3 Å². The van der Waals surface area contributed by atoms with Crippen molar-refractivity contribution in [2.75, 3.05) is 10.6 Å². The standard InChI is InChI=1S/C18H12N4O3/c23-17-14(13-7-11(18(24)25)8-21-16(13)22-17)9-20-12-3-4-15-10(6-12)2-1-5-19-15/h1-9,20H,(H,24,25)(H,21,22,23)/b14-9-. The molecule has 1 amide bonds. The van der Waals surface area contributed by atoms with Crippen molar-refractivity contribution >= 4 is 39.9 Å². The number of benzene rings is 1. The van der Waals surface area contributed by atoms with Gasteiger partial charge in [0.05, 0.1) is 16.7 Å². The lowest BCUT2D eigenvalue weighted by molar-refractivity contribution is -0.110. The van der Waals surface area contributed by atoms with Gasteiger partial charge in [0.25, 0.3) is 5.91 Å². The molecule has 7 heteroatoms. The van der Waals surface area contributed by atoms with Crippen LogP contribution in [0.1, 0.15) is 15.9 Å². The van der Waals surface area contributed by atoms with Crippen molar-refractivity contribution in [2.45, 2.75) is 0 Å². The van der Waals surface area contributed by atoms with Gasteiger partial charge in [-0.3, -0.25) is 9.78 Å². The molecular weight excluding hydrogens is 320 g/mol. The Hall–Kier alpha value is -3.74. The zero-order chi connectivity index (χ0) is 17.4. The number of anilines is 2. The van der Waals surface area contributed by atoms with Crippen LogP contribution in [-0.2, 0) is 4.79 Å². The van der Waals surface area contributed by atoms with Crippen LogP contribution in [0.5, 0.6) is 0 Å². The van der Waals surface area contributed by atoms with Crippen LogP contribution in [0.4, 0.5) is 11.5 Å². The molecule has 0 spiro atoms. The van der Waals surface area contributed by atoms with Crippen molar-refractivity contribution in [2.24, 2.45) is 0 Å². The van der Waals surface area contributed by atoms with Gasteiger partial charge in [0.2, 0.25) is 0 Å². The number of hydrogen-bond acceptors (Lipinski definition) is 5. The minimum Gasteiger partial charge on any atom is -0.478 e. The van der Waals surface area contributed by atoms with Crippen molar-refractivity contribution in [3.05, 3.63) is 66.1 Å². The Kier molecular flexibility index (Phi) is 3.39. The summed E-state index contributed by atoms with van der Waals surface area (Å²) >= 11 is 0. The highest BCUT2D eigenvalue weighted by Crippen LogP contribution is 2.30. The van der Waals surface area contributed by atoms with Crippen LogP contribution in [0.2, 0.25) is 0 Å². The van der Waals surface area contributed by atoms with E-state index in [1.54, 1.807) is 12.4 Å². The van der Waals surface area contributed by atoms with Gasteiger partial charge in [-0.05, 0) is 30.3 Å². The van der Waals surface area contributed by atoms with Gasteiger partial charge in [-0.2, -0.15) is 0 Å². The van der Waals surface area contributed by atoms with Crippen LogP contribution in [0.25, 0.3) is 16.5 Å². The van der Waals surface area contributed by atoms with E-state index >= 15 is 0 Å². The van der Waals surface area contributed by atoms with E-state index in [9.17, 15) is 9.59 Å². The maximum atomic E-state index is 12.1. The summed E-state index contributed by atoms with van der Waals surface area (Å²) < 4.78 is 0. The average Bonchev–Trinajstić information content (AvgIpc) is 2.94. The van der Waals surface area contributed by atoms with Crippen LogP contribution in [0, 0.1) is 0 Å². The molecule has 1 aliphatic rings. The van der Waals surface area contributed by atoms with Gasteiger partial charge in [-0.25, -0.2) is 9.78 Å². The van der Waals surface area contributed by atoms with Gasteiger partial charge in [0.1, 0.15) is 5.82 Å². The van der Waals surface area contributed by atoms with Crippen LogP contribution in [0.3, 0.4) is 0 Å². The predicted molar refractivity (Wildman–Crippen MR) is 93.2 cm³/mol. The van der Waals surface area contributed by atoms with Crippen LogP contribution < -0.4 is 10.6 Å². The molecule has 0 bridgehead atoms. The fraction of sp³-hybridized carbons (Fsp3) is 0. The van der Waals surface area contributed by atoms with E-state index in [0.717, 1.165) is 16.6 Å². The number of nitrogens with zero attached hydrogens (tertiary/aromatic N) is 2. The monoisotopic (exact) mass is 332 g/mol. The first-order valence-corrected chi connectivity index (χ1v) is 7.48. The highest BCUT2D eigenvalue weighted by molar-refractivity contribution is 6.31. The number of pyridine rings is 2. The summed E-state index contributed by atoms with van der Waals surface area (Å²) in [5, 5.41) is 15.8. The normalized spacial score (nSPS) is 14.4. The number of carboxylic acid groups (broad SMARTS) is 1. The van der Waals surface area contributed by atoms with E-state index in [2.05, 4.69) is 20.6 Å².